The summed E-state index contributed by atoms with van der Waals surface area (Å²) in [7, 11) is 5.14. The molecule has 24 heavy (non-hydrogen) atoms. The van der Waals surface area contributed by atoms with Crippen LogP contribution in [-0.4, -0.2) is 57.7 Å². The van der Waals surface area contributed by atoms with E-state index in [1.165, 1.54) is 0 Å². The van der Waals surface area contributed by atoms with Crippen molar-refractivity contribution in [1.29, 1.82) is 0 Å². The predicted molar refractivity (Wildman–Crippen MR) is 112 cm³/mol. The quantitative estimate of drug-likeness (QED) is 0.242. The number of guanidine groups is 1. The minimum atomic E-state index is 0. The number of benzene rings is 1. The molecule has 0 bridgehead atoms. The Balaban J connectivity index is 0.00000529. The summed E-state index contributed by atoms with van der Waals surface area (Å²) in [5.74, 6) is 0.624. The third-order valence-electron chi connectivity index (χ3n) is 3.06. The normalized spacial score (nSPS) is 10.8. The molecular formula is C16H26BrIN4O2. The van der Waals surface area contributed by atoms with Gasteiger partial charge >= 0.3 is 0 Å². The maximum atomic E-state index is 11.7. The van der Waals surface area contributed by atoms with Crippen molar-refractivity contribution in [3.05, 3.63) is 34.3 Å². The molecule has 2 N–H and O–H groups in total. The van der Waals surface area contributed by atoms with Crippen LogP contribution < -0.4 is 10.6 Å². The van der Waals surface area contributed by atoms with E-state index in [2.05, 4.69) is 31.6 Å². The maximum absolute atomic E-state index is 11.7. The average molecular weight is 513 g/mol. The molecule has 8 heteroatoms. The number of aliphatic imine (C=N–C) groups is 1. The predicted octanol–water partition coefficient (Wildman–Crippen LogP) is 2.23. The summed E-state index contributed by atoms with van der Waals surface area (Å²) in [6.07, 6.45) is 0.872. The van der Waals surface area contributed by atoms with Crippen LogP contribution in [0.1, 0.15) is 12.0 Å². The first-order valence-electron chi connectivity index (χ1n) is 7.48. The molecule has 0 heterocycles. The zero-order valence-corrected chi connectivity index (χ0v) is 18.3. The van der Waals surface area contributed by atoms with Crippen LogP contribution >= 0.6 is 39.9 Å². The molecule has 0 radical (unpaired) electrons. The number of hydrogen-bond acceptors (Lipinski definition) is 3. The highest BCUT2D eigenvalue weighted by molar-refractivity contribution is 14.0. The van der Waals surface area contributed by atoms with Crippen LogP contribution in [0.15, 0.2) is 33.7 Å². The number of amides is 1. The first-order valence-corrected chi connectivity index (χ1v) is 8.28. The largest absolute Gasteiger partial charge is 0.385 e. The number of hydrogen-bond donors (Lipinski definition) is 2. The van der Waals surface area contributed by atoms with Crippen molar-refractivity contribution in [2.75, 3.05) is 40.9 Å². The number of ether oxygens (including phenoxy) is 1. The maximum Gasteiger partial charge on any atom is 0.241 e. The molecule has 136 valence electrons. The van der Waals surface area contributed by atoms with Crippen LogP contribution in [0.25, 0.3) is 0 Å². The number of methoxy groups -OCH3 is 1. The molecule has 0 saturated carbocycles. The molecular weight excluding hydrogens is 487 g/mol. The molecule has 1 rings (SSSR count). The third kappa shape index (κ3) is 10.1. The molecule has 0 fully saturated rings. The molecule has 0 saturated heterocycles. The zero-order valence-electron chi connectivity index (χ0n) is 14.3. The lowest BCUT2D eigenvalue weighted by Gasteiger charge is -2.15. The first-order chi connectivity index (χ1) is 11.0. The second-order valence-corrected chi connectivity index (χ2v) is 6.12. The summed E-state index contributed by atoms with van der Waals surface area (Å²) < 4.78 is 6.07. The Kier molecular flexibility index (Phi) is 12.9. The highest BCUT2D eigenvalue weighted by Gasteiger charge is 2.05. The Morgan fingerprint density at radius 2 is 1.92 bits per heavy atom. The summed E-state index contributed by atoms with van der Waals surface area (Å²) in [6.45, 7) is 2.17. The molecule has 0 aliphatic heterocycles. The lowest BCUT2D eigenvalue weighted by atomic mass is 10.2. The fourth-order valence-electron chi connectivity index (χ4n) is 1.68. The average Bonchev–Trinajstić information content (AvgIpc) is 2.54. The topological polar surface area (TPSA) is 66.0 Å². The lowest BCUT2D eigenvalue weighted by Crippen LogP contribution is -2.43. The molecule has 1 aromatic rings. The van der Waals surface area contributed by atoms with E-state index < -0.39 is 0 Å². The molecule has 0 spiro atoms. The first kappa shape index (κ1) is 23.1. The van der Waals surface area contributed by atoms with E-state index >= 15 is 0 Å². The summed E-state index contributed by atoms with van der Waals surface area (Å²) in [4.78, 5) is 17.8. The summed E-state index contributed by atoms with van der Waals surface area (Å²) in [5.41, 5.74) is 1.10. The van der Waals surface area contributed by atoms with Crippen LogP contribution in [0.4, 0.5) is 0 Å². The molecule has 0 aliphatic carbocycles. The van der Waals surface area contributed by atoms with Crippen molar-refractivity contribution in [1.82, 2.24) is 15.5 Å². The number of rotatable bonds is 8. The number of nitrogens with zero attached hydrogens (tertiary/aromatic N) is 2. The Bertz CT molecular complexity index is 509. The number of nitrogens with one attached hydrogen (secondary N) is 2. The van der Waals surface area contributed by atoms with Gasteiger partial charge in [-0.15, -0.1) is 24.0 Å². The summed E-state index contributed by atoms with van der Waals surface area (Å²) >= 11 is 3.41. The summed E-state index contributed by atoms with van der Waals surface area (Å²) in [6, 6.07) is 8.00. The van der Waals surface area contributed by atoms with E-state index in [-0.39, 0.29) is 36.4 Å². The second kappa shape index (κ2) is 13.4. The van der Waals surface area contributed by atoms with E-state index in [9.17, 15) is 4.79 Å². The SMILES string of the molecule is COCCCNC(=NCc1ccc(Br)cc1)NCC(=O)N(C)C.I. The Morgan fingerprint density at radius 1 is 1.25 bits per heavy atom. The van der Waals surface area contributed by atoms with Crippen molar-refractivity contribution in [3.8, 4) is 0 Å². The highest BCUT2D eigenvalue weighted by atomic mass is 127. The van der Waals surface area contributed by atoms with Crippen molar-refractivity contribution < 1.29 is 9.53 Å². The fraction of sp³-hybridized carbons (Fsp3) is 0.500. The number of likely N-dealkylation sites (N-methyl/N-ethyl adjacent to an activating group) is 1. The van der Waals surface area contributed by atoms with Gasteiger partial charge in [-0.1, -0.05) is 28.1 Å². The van der Waals surface area contributed by atoms with Crippen molar-refractivity contribution in [2.45, 2.75) is 13.0 Å². The Labute approximate surface area is 169 Å². The van der Waals surface area contributed by atoms with Crippen LogP contribution in [0.5, 0.6) is 0 Å². The van der Waals surface area contributed by atoms with Gasteiger partial charge in [-0.2, -0.15) is 0 Å². The third-order valence-corrected chi connectivity index (χ3v) is 3.59. The van der Waals surface area contributed by atoms with Gasteiger partial charge in [0.2, 0.25) is 5.91 Å². The van der Waals surface area contributed by atoms with Crippen LogP contribution in [0.3, 0.4) is 0 Å². The number of halogens is 2. The van der Waals surface area contributed by atoms with Gasteiger partial charge < -0.3 is 20.3 Å². The van der Waals surface area contributed by atoms with E-state index in [0.717, 1.165) is 23.0 Å². The van der Waals surface area contributed by atoms with Crippen molar-refractivity contribution in [2.24, 2.45) is 4.99 Å². The van der Waals surface area contributed by atoms with Gasteiger partial charge in [0.15, 0.2) is 5.96 Å². The Hall–Kier alpha value is -0.870. The van der Waals surface area contributed by atoms with Gasteiger partial charge in [-0.25, -0.2) is 4.99 Å². The van der Waals surface area contributed by atoms with Crippen molar-refractivity contribution in [3.63, 3.8) is 0 Å². The van der Waals surface area contributed by atoms with E-state index in [0.29, 0.717) is 19.1 Å². The van der Waals surface area contributed by atoms with E-state index in [1.807, 2.05) is 24.3 Å². The monoisotopic (exact) mass is 512 g/mol. The van der Waals surface area contributed by atoms with Gasteiger partial charge in [-0.05, 0) is 24.1 Å². The molecule has 0 unspecified atom stereocenters. The van der Waals surface area contributed by atoms with Gasteiger partial charge in [0, 0.05) is 38.8 Å². The van der Waals surface area contributed by atoms with Crippen molar-refractivity contribution >= 4 is 51.8 Å². The lowest BCUT2D eigenvalue weighted by molar-refractivity contribution is -0.127. The molecule has 0 atom stereocenters. The standard InChI is InChI=1S/C16H25BrN4O2.HI/c1-21(2)15(22)12-20-16(18-9-4-10-23-3)19-11-13-5-7-14(17)8-6-13;/h5-8H,4,9-12H2,1-3H3,(H2,18,19,20);1H. The van der Waals surface area contributed by atoms with Crippen LogP contribution in [0, 0.1) is 0 Å². The van der Waals surface area contributed by atoms with Gasteiger partial charge in [0.05, 0.1) is 13.1 Å². The fourth-order valence-corrected chi connectivity index (χ4v) is 1.94. The number of carbonyl (C=O) groups is 1. The molecule has 0 aromatic heterocycles. The van der Waals surface area contributed by atoms with E-state index in [4.69, 9.17) is 4.74 Å². The molecule has 6 nitrogen and oxygen atoms in total. The highest BCUT2D eigenvalue weighted by Crippen LogP contribution is 2.10. The smallest absolute Gasteiger partial charge is 0.241 e. The minimum Gasteiger partial charge on any atom is -0.385 e. The molecule has 1 amide bonds. The molecule has 1 aromatic carbocycles. The zero-order chi connectivity index (χ0) is 17.1. The van der Waals surface area contributed by atoms with Crippen LogP contribution in [0.2, 0.25) is 0 Å². The van der Waals surface area contributed by atoms with Gasteiger partial charge in [0.25, 0.3) is 0 Å². The molecule has 0 aliphatic rings. The second-order valence-electron chi connectivity index (χ2n) is 5.21. The van der Waals surface area contributed by atoms with Gasteiger partial charge in [-0.3, -0.25) is 4.79 Å². The van der Waals surface area contributed by atoms with Crippen LogP contribution in [-0.2, 0) is 16.1 Å². The minimum absolute atomic E-state index is 0. The summed E-state index contributed by atoms with van der Waals surface area (Å²) in [5, 5.41) is 6.27. The number of carbonyl (C=O) groups excluding carboxylic acids is 1. The Morgan fingerprint density at radius 3 is 2.50 bits per heavy atom. The van der Waals surface area contributed by atoms with Gasteiger partial charge in [0.1, 0.15) is 0 Å². The van der Waals surface area contributed by atoms with E-state index in [1.54, 1.807) is 26.1 Å².